The minimum atomic E-state index is -0.214. The van der Waals surface area contributed by atoms with Crippen LogP contribution in [0.25, 0.3) is 11.0 Å². The lowest BCUT2D eigenvalue weighted by Gasteiger charge is -2.36. The SMILES string of the molecule is CC1(C)C(c2cccc(F)c2)CCN1CC(=O)c1c[nH]c2ncccc12. The molecule has 0 bridgehead atoms. The van der Waals surface area contributed by atoms with Gasteiger partial charge >= 0.3 is 0 Å². The monoisotopic (exact) mass is 351 g/mol. The molecule has 0 radical (unpaired) electrons. The van der Waals surface area contributed by atoms with Crippen LogP contribution in [-0.4, -0.2) is 39.3 Å². The van der Waals surface area contributed by atoms with E-state index in [1.54, 1.807) is 24.5 Å². The van der Waals surface area contributed by atoms with Gasteiger partial charge in [0.1, 0.15) is 11.5 Å². The summed E-state index contributed by atoms with van der Waals surface area (Å²) >= 11 is 0. The zero-order valence-corrected chi connectivity index (χ0v) is 15.0. The third-order valence-corrected chi connectivity index (χ3v) is 5.69. The van der Waals surface area contributed by atoms with Crippen molar-refractivity contribution in [1.29, 1.82) is 0 Å². The number of hydrogen-bond donors (Lipinski definition) is 1. The molecule has 1 aromatic carbocycles. The Morgan fingerprint density at radius 1 is 1.35 bits per heavy atom. The predicted molar refractivity (Wildman–Crippen MR) is 99.8 cm³/mol. The molecule has 1 atom stereocenters. The molecule has 2 aromatic heterocycles. The summed E-state index contributed by atoms with van der Waals surface area (Å²) in [5, 5.41) is 0.858. The molecule has 4 nitrogen and oxygen atoms in total. The highest BCUT2D eigenvalue weighted by molar-refractivity contribution is 6.08. The largest absolute Gasteiger partial charge is 0.345 e. The average Bonchev–Trinajstić information content (AvgIpc) is 3.16. The average molecular weight is 351 g/mol. The second kappa shape index (κ2) is 6.32. The standard InChI is InChI=1S/C21H22FN3O/c1-21(2)18(14-5-3-6-15(22)11-14)8-10-25(21)13-19(26)17-12-24-20-16(17)7-4-9-23-20/h3-7,9,11-12,18H,8,10,13H2,1-2H3,(H,23,24). The molecule has 3 aromatic rings. The summed E-state index contributed by atoms with van der Waals surface area (Å²) in [5.74, 6) is 0.0759. The van der Waals surface area contributed by atoms with Crippen molar-refractivity contribution in [2.75, 3.05) is 13.1 Å². The Balaban J connectivity index is 1.56. The van der Waals surface area contributed by atoms with Gasteiger partial charge in [0.05, 0.1) is 6.54 Å². The molecule has 1 N–H and O–H groups in total. The Hall–Kier alpha value is -2.53. The minimum absolute atomic E-state index is 0.0808. The fourth-order valence-corrected chi connectivity index (χ4v) is 4.17. The van der Waals surface area contributed by atoms with Crippen LogP contribution in [-0.2, 0) is 0 Å². The van der Waals surface area contributed by atoms with Crippen molar-refractivity contribution in [3.63, 3.8) is 0 Å². The fraction of sp³-hybridized carbons (Fsp3) is 0.333. The fourth-order valence-electron chi connectivity index (χ4n) is 4.17. The van der Waals surface area contributed by atoms with Crippen LogP contribution >= 0.6 is 0 Å². The molecule has 134 valence electrons. The van der Waals surface area contributed by atoms with E-state index in [2.05, 4.69) is 28.7 Å². The third kappa shape index (κ3) is 2.82. The molecule has 0 aliphatic carbocycles. The Kier molecular flexibility index (Phi) is 4.11. The highest BCUT2D eigenvalue weighted by Gasteiger charge is 2.42. The number of benzene rings is 1. The number of ketones is 1. The summed E-state index contributed by atoms with van der Waals surface area (Å²) < 4.78 is 13.6. The number of carbonyl (C=O) groups excluding carboxylic acids is 1. The van der Waals surface area contributed by atoms with Gasteiger partial charge in [0.25, 0.3) is 0 Å². The number of nitrogens with zero attached hydrogens (tertiary/aromatic N) is 2. The van der Waals surface area contributed by atoms with Gasteiger partial charge in [-0.1, -0.05) is 12.1 Å². The Bertz CT molecular complexity index is 963. The van der Waals surface area contributed by atoms with Gasteiger partial charge in [0.2, 0.25) is 0 Å². The second-order valence-corrected chi connectivity index (χ2v) is 7.50. The van der Waals surface area contributed by atoms with Crippen LogP contribution in [0.1, 0.15) is 42.1 Å². The van der Waals surface area contributed by atoms with Gasteiger partial charge < -0.3 is 4.98 Å². The van der Waals surface area contributed by atoms with E-state index in [1.165, 1.54) is 6.07 Å². The number of rotatable bonds is 4. The molecule has 0 saturated carbocycles. The number of aromatic amines is 1. The summed E-state index contributed by atoms with van der Waals surface area (Å²) in [6, 6.07) is 10.6. The lowest BCUT2D eigenvalue weighted by molar-refractivity contribution is 0.0860. The summed E-state index contributed by atoms with van der Waals surface area (Å²) in [5.41, 5.74) is 2.20. The minimum Gasteiger partial charge on any atom is -0.345 e. The molecule has 1 unspecified atom stereocenters. The van der Waals surface area contributed by atoms with Crippen LogP contribution in [0.2, 0.25) is 0 Å². The van der Waals surface area contributed by atoms with Gasteiger partial charge in [-0.2, -0.15) is 0 Å². The number of fused-ring (bicyclic) bond motifs is 1. The summed E-state index contributed by atoms with van der Waals surface area (Å²) in [4.78, 5) is 22.4. The summed E-state index contributed by atoms with van der Waals surface area (Å²) in [7, 11) is 0. The predicted octanol–water partition coefficient (Wildman–Crippen LogP) is 4.15. The topological polar surface area (TPSA) is 49.0 Å². The van der Waals surface area contributed by atoms with Crippen molar-refractivity contribution in [1.82, 2.24) is 14.9 Å². The zero-order valence-electron chi connectivity index (χ0n) is 15.0. The van der Waals surface area contributed by atoms with Gasteiger partial charge in [-0.25, -0.2) is 9.37 Å². The van der Waals surface area contributed by atoms with Gasteiger partial charge in [0.15, 0.2) is 5.78 Å². The first kappa shape index (κ1) is 16.9. The van der Waals surface area contributed by atoms with Crippen molar-refractivity contribution >= 4 is 16.8 Å². The van der Waals surface area contributed by atoms with E-state index >= 15 is 0 Å². The van der Waals surface area contributed by atoms with Crippen LogP contribution in [0.15, 0.2) is 48.8 Å². The van der Waals surface area contributed by atoms with Crippen molar-refractivity contribution < 1.29 is 9.18 Å². The number of carbonyl (C=O) groups is 1. The molecule has 0 spiro atoms. The van der Waals surface area contributed by atoms with E-state index < -0.39 is 0 Å². The zero-order chi connectivity index (χ0) is 18.3. The van der Waals surface area contributed by atoms with Crippen molar-refractivity contribution in [3.05, 3.63) is 65.7 Å². The third-order valence-electron chi connectivity index (χ3n) is 5.69. The smallest absolute Gasteiger partial charge is 0.179 e. The highest BCUT2D eigenvalue weighted by Crippen LogP contribution is 2.41. The molecule has 3 heterocycles. The van der Waals surface area contributed by atoms with E-state index in [0.29, 0.717) is 12.1 Å². The van der Waals surface area contributed by atoms with Crippen molar-refractivity contribution in [3.8, 4) is 0 Å². The first-order valence-corrected chi connectivity index (χ1v) is 8.92. The van der Waals surface area contributed by atoms with Gasteiger partial charge in [0, 0.05) is 34.8 Å². The van der Waals surface area contributed by atoms with Gasteiger partial charge in [-0.15, -0.1) is 0 Å². The number of aromatic nitrogens is 2. The molecule has 1 aliphatic heterocycles. The molecular formula is C21H22FN3O. The molecule has 0 amide bonds. The van der Waals surface area contributed by atoms with E-state index in [-0.39, 0.29) is 23.1 Å². The van der Waals surface area contributed by atoms with E-state index in [4.69, 9.17) is 0 Å². The molecule has 4 rings (SSSR count). The molecule has 1 saturated heterocycles. The first-order chi connectivity index (χ1) is 12.5. The van der Waals surface area contributed by atoms with Gasteiger partial charge in [-0.05, 0) is 56.6 Å². The maximum Gasteiger partial charge on any atom is 0.179 e. The summed E-state index contributed by atoms with van der Waals surface area (Å²) in [6.45, 7) is 5.44. The normalized spacial score (nSPS) is 19.9. The molecule has 5 heteroatoms. The quantitative estimate of drug-likeness (QED) is 0.718. The number of H-pyrrole nitrogens is 1. The molecule has 1 aliphatic rings. The van der Waals surface area contributed by atoms with Crippen LogP contribution in [0.5, 0.6) is 0 Å². The lowest BCUT2D eigenvalue weighted by Crippen LogP contribution is -2.44. The Morgan fingerprint density at radius 3 is 3.00 bits per heavy atom. The summed E-state index contributed by atoms with van der Waals surface area (Å²) in [6.07, 6.45) is 4.37. The van der Waals surface area contributed by atoms with E-state index in [0.717, 1.165) is 29.6 Å². The highest BCUT2D eigenvalue weighted by atomic mass is 19.1. The lowest BCUT2D eigenvalue weighted by atomic mass is 9.82. The van der Waals surface area contributed by atoms with E-state index in [9.17, 15) is 9.18 Å². The second-order valence-electron chi connectivity index (χ2n) is 7.50. The Morgan fingerprint density at radius 2 is 2.19 bits per heavy atom. The van der Waals surface area contributed by atoms with Crippen LogP contribution in [0.4, 0.5) is 4.39 Å². The van der Waals surface area contributed by atoms with Crippen LogP contribution in [0.3, 0.4) is 0 Å². The number of likely N-dealkylation sites (tertiary alicyclic amines) is 1. The van der Waals surface area contributed by atoms with Crippen molar-refractivity contribution in [2.45, 2.75) is 31.7 Å². The number of halogens is 1. The van der Waals surface area contributed by atoms with E-state index in [1.807, 2.05) is 18.2 Å². The van der Waals surface area contributed by atoms with Crippen molar-refractivity contribution in [2.24, 2.45) is 0 Å². The number of hydrogen-bond acceptors (Lipinski definition) is 3. The number of nitrogens with one attached hydrogen (secondary N) is 1. The maximum absolute atomic E-state index is 13.6. The molecule has 1 fully saturated rings. The maximum atomic E-state index is 13.6. The van der Waals surface area contributed by atoms with Crippen LogP contribution < -0.4 is 0 Å². The number of Topliss-reactive ketones (excluding diaryl/α,β-unsaturated/α-hetero) is 1. The van der Waals surface area contributed by atoms with Gasteiger partial charge in [-0.3, -0.25) is 9.69 Å². The Labute approximate surface area is 152 Å². The molecular weight excluding hydrogens is 329 g/mol. The number of pyridine rings is 1. The van der Waals surface area contributed by atoms with Crippen LogP contribution in [0, 0.1) is 5.82 Å². The molecule has 26 heavy (non-hydrogen) atoms. The first-order valence-electron chi connectivity index (χ1n) is 8.92.